The van der Waals surface area contributed by atoms with Crippen molar-refractivity contribution in [3.05, 3.63) is 35.9 Å². The summed E-state index contributed by atoms with van der Waals surface area (Å²) >= 11 is 0. The molecule has 0 bridgehead atoms. The SMILES string of the molecule is CC(CN(CCO)Cc1ccccc1)C(N)=NO. The van der Waals surface area contributed by atoms with Crippen molar-refractivity contribution in [1.29, 1.82) is 0 Å². The number of aliphatic hydroxyl groups excluding tert-OH is 1. The smallest absolute Gasteiger partial charge is 0.143 e. The normalized spacial score (nSPS) is 13.8. The summed E-state index contributed by atoms with van der Waals surface area (Å²) in [6, 6.07) is 10.0. The highest BCUT2D eigenvalue weighted by atomic mass is 16.4. The fourth-order valence-corrected chi connectivity index (χ4v) is 1.80. The van der Waals surface area contributed by atoms with Gasteiger partial charge in [0.2, 0.25) is 0 Å². The molecule has 0 aliphatic rings. The van der Waals surface area contributed by atoms with Crippen LogP contribution in [0, 0.1) is 5.92 Å². The Morgan fingerprint density at radius 2 is 2.06 bits per heavy atom. The molecular formula is C13H21N3O2. The molecule has 0 spiro atoms. The molecule has 18 heavy (non-hydrogen) atoms. The maximum atomic E-state index is 9.07. The lowest BCUT2D eigenvalue weighted by molar-refractivity contribution is 0.181. The minimum absolute atomic E-state index is 0.0507. The number of hydrogen-bond acceptors (Lipinski definition) is 4. The molecule has 0 saturated carbocycles. The van der Waals surface area contributed by atoms with Crippen molar-refractivity contribution >= 4 is 5.84 Å². The summed E-state index contributed by atoms with van der Waals surface area (Å²) in [7, 11) is 0. The van der Waals surface area contributed by atoms with Gasteiger partial charge in [-0.2, -0.15) is 0 Å². The molecule has 5 nitrogen and oxygen atoms in total. The second-order valence-corrected chi connectivity index (χ2v) is 4.37. The van der Waals surface area contributed by atoms with Gasteiger partial charge in [0, 0.05) is 25.6 Å². The first-order valence-electron chi connectivity index (χ1n) is 6.02. The molecule has 0 radical (unpaired) electrons. The highest BCUT2D eigenvalue weighted by Gasteiger charge is 2.13. The number of benzene rings is 1. The van der Waals surface area contributed by atoms with Crippen molar-refractivity contribution in [1.82, 2.24) is 4.90 Å². The Morgan fingerprint density at radius 1 is 1.39 bits per heavy atom. The molecule has 1 atom stereocenters. The van der Waals surface area contributed by atoms with Crippen LogP contribution in [-0.2, 0) is 6.54 Å². The van der Waals surface area contributed by atoms with Crippen LogP contribution in [-0.4, -0.2) is 40.7 Å². The Morgan fingerprint density at radius 3 is 2.61 bits per heavy atom. The van der Waals surface area contributed by atoms with Crippen molar-refractivity contribution in [2.24, 2.45) is 16.8 Å². The monoisotopic (exact) mass is 251 g/mol. The lowest BCUT2D eigenvalue weighted by Crippen LogP contribution is -2.36. The van der Waals surface area contributed by atoms with E-state index in [0.29, 0.717) is 13.1 Å². The van der Waals surface area contributed by atoms with Gasteiger partial charge < -0.3 is 16.0 Å². The second kappa shape index (κ2) is 7.68. The summed E-state index contributed by atoms with van der Waals surface area (Å²) in [5.41, 5.74) is 6.74. The zero-order valence-electron chi connectivity index (χ0n) is 10.7. The molecule has 0 amide bonds. The first kappa shape index (κ1) is 14.5. The summed E-state index contributed by atoms with van der Waals surface area (Å²) in [5.74, 6) is 0.163. The van der Waals surface area contributed by atoms with Crippen LogP contribution in [0.1, 0.15) is 12.5 Å². The molecule has 1 aromatic carbocycles. The molecule has 1 rings (SSSR count). The fourth-order valence-electron chi connectivity index (χ4n) is 1.80. The number of nitrogens with two attached hydrogens (primary N) is 1. The second-order valence-electron chi connectivity index (χ2n) is 4.37. The number of nitrogens with zero attached hydrogens (tertiary/aromatic N) is 2. The van der Waals surface area contributed by atoms with Crippen LogP contribution in [0.2, 0.25) is 0 Å². The molecular weight excluding hydrogens is 230 g/mol. The average Bonchev–Trinajstić information content (AvgIpc) is 2.39. The third-order valence-corrected chi connectivity index (χ3v) is 2.82. The predicted octanol–water partition coefficient (Wildman–Crippen LogP) is 0.863. The van der Waals surface area contributed by atoms with E-state index in [4.69, 9.17) is 16.0 Å². The van der Waals surface area contributed by atoms with E-state index >= 15 is 0 Å². The number of rotatable bonds is 7. The van der Waals surface area contributed by atoms with Crippen molar-refractivity contribution in [2.45, 2.75) is 13.5 Å². The molecule has 0 aromatic heterocycles. The predicted molar refractivity (Wildman–Crippen MR) is 71.4 cm³/mol. The van der Waals surface area contributed by atoms with Crippen LogP contribution in [0.4, 0.5) is 0 Å². The minimum atomic E-state index is -0.0507. The quantitative estimate of drug-likeness (QED) is 0.290. The average molecular weight is 251 g/mol. The molecule has 100 valence electrons. The zero-order chi connectivity index (χ0) is 13.4. The molecule has 0 saturated heterocycles. The first-order valence-corrected chi connectivity index (χ1v) is 6.02. The van der Waals surface area contributed by atoms with Gasteiger partial charge in [0.15, 0.2) is 0 Å². The van der Waals surface area contributed by atoms with Crippen molar-refractivity contribution in [2.75, 3.05) is 19.7 Å². The van der Waals surface area contributed by atoms with Crippen LogP contribution < -0.4 is 5.73 Å². The van der Waals surface area contributed by atoms with Gasteiger partial charge in [-0.25, -0.2) is 0 Å². The summed E-state index contributed by atoms with van der Waals surface area (Å²) in [6.07, 6.45) is 0. The molecule has 1 unspecified atom stereocenters. The molecule has 1 aromatic rings. The Hall–Kier alpha value is -1.59. The number of aliphatic hydroxyl groups is 1. The van der Waals surface area contributed by atoms with Gasteiger partial charge in [-0.3, -0.25) is 4.90 Å². The molecule has 0 aliphatic carbocycles. The third kappa shape index (κ3) is 4.73. The molecule has 0 aliphatic heterocycles. The van der Waals surface area contributed by atoms with Crippen LogP contribution in [0.15, 0.2) is 35.5 Å². The van der Waals surface area contributed by atoms with Gasteiger partial charge in [-0.1, -0.05) is 42.4 Å². The lowest BCUT2D eigenvalue weighted by Gasteiger charge is -2.24. The van der Waals surface area contributed by atoms with Gasteiger partial charge in [0.05, 0.1) is 6.61 Å². The van der Waals surface area contributed by atoms with E-state index in [-0.39, 0.29) is 18.4 Å². The van der Waals surface area contributed by atoms with E-state index in [9.17, 15) is 0 Å². The van der Waals surface area contributed by atoms with E-state index in [1.54, 1.807) is 0 Å². The Labute approximate surface area is 108 Å². The van der Waals surface area contributed by atoms with Gasteiger partial charge in [0.25, 0.3) is 0 Å². The number of oxime groups is 1. The van der Waals surface area contributed by atoms with E-state index in [1.165, 1.54) is 5.56 Å². The van der Waals surface area contributed by atoms with Gasteiger partial charge in [-0.15, -0.1) is 0 Å². The largest absolute Gasteiger partial charge is 0.409 e. The molecule has 0 fully saturated rings. The summed E-state index contributed by atoms with van der Waals surface area (Å²) in [5, 5.41) is 20.7. The molecule has 0 heterocycles. The number of amidine groups is 1. The van der Waals surface area contributed by atoms with Crippen LogP contribution in [0.25, 0.3) is 0 Å². The maximum Gasteiger partial charge on any atom is 0.143 e. The standard InChI is InChI=1S/C13H21N3O2/c1-11(13(14)15-18)9-16(7-8-17)10-12-5-3-2-4-6-12/h2-6,11,17-18H,7-10H2,1H3,(H2,14,15). The first-order chi connectivity index (χ1) is 8.67. The van der Waals surface area contributed by atoms with Crippen molar-refractivity contribution < 1.29 is 10.3 Å². The minimum Gasteiger partial charge on any atom is -0.409 e. The Bertz CT molecular complexity index is 368. The van der Waals surface area contributed by atoms with Crippen molar-refractivity contribution in [3.8, 4) is 0 Å². The van der Waals surface area contributed by atoms with Crippen LogP contribution in [0.5, 0.6) is 0 Å². The highest BCUT2D eigenvalue weighted by Crippen LogP contribution is 2.07. The highest BCUT2D eigenvalue weighted by molar-refractivity contribution is 5.82. The van der Waals surface area contributed by atoms with Crippen molar-refractivity contribution in [3.63, 3.8) is 0 Å². The zero-order valence-corrected chi connectivity index (χ0v) is 10.7. The lowest BCUT2D eigenvalue weighted by atomic mass is 10.1. The summed E-state index contributed by atoms with van der Waals surface area (Å²) in [4.78, 5) is 2.08. The summed E-state index contributed by atoms with van der Waals surface area (Å²) < 4.78 is 0. The van der Waals surface area contributed by atoms with Crippen LogP contribution >= 0.6 is 0 Å². The summed E-state index contributed by atoms with van der Waals surface area (Å²) in [6.45, 7) is 3.94. The van der Waals surface area contributed by atoms with Gasteiger partial charge in [-0.05, 0) is 5.56 Å². The maximum absolute atomic E-state index is 9.07. The van der Waals surface area contributed by atoms with E-state index in [0.717, 1.165) is 6.54 Å². The Kier molecular flexibility index (Phi) is 6.18. The topological polar surface area (TPSA) is 82.1 Å². The number of hydrogen-bond donors (Lipinski definition) is 3. The molecule has 5 heteroatoms. The van der Waals surface area contributed by atoms with E-state index in [1.807, 2.05) is 37.3 Å². The van der Waals surface area contributed by atoms with Gasteiger partial charge >= 0.3 is 0 Å². The van der Waals surface area contributed by atoms with E-state index < -0.39 is 0 Å². The van der Waals surface area contributed by atoms with Gasteiger partial charge in [0.1, 0.15) is 5.84 Å². The van der Waals surface area contributed by atoms with Crippen LogP contribution in [0.3, 0.4) is 0 Å². The van der Waals surface area contributed by atoms with E-state index in [2.05, 4.69) is 10.1 Å². The molecule has 4 N–H and O–H groups in total. The third-order valence-electron chi connectivity index (χ3n) is 2.82. The fraction of sp³-hybridized carbons (Fsp3) is 0.462. The Balaban J connectivity index is 2.60.